The summed E-state index contributed by atoms with van der Waals surface area (Å²) < 4.78 is 32.0. The van der Waals surface area contributed by atoms with Gasteiger partial charge < -0.3 is 4.79 Å². The van der Waals surface area contributed by atoms with E-state index in [9.17, 15) is 18.0 Å². The second-order valence-corrected chi connectivity index (χ2v) is 4.97. The molecule has 0 radical (unpaired) electrons. The fourth-order valence-electron chi connectivity index (χ4n) is 1.09. The van der Waals surface area contributed by atoms with Gasteiger partial charge in [-0.15, -0.1) is 0 Å². The van der Waals surface area contributed by atoms with Gasteiger partial charge >= 0.3 is 0 Å². The summed E-state index contributed by atoms with van der Waals surface area (Å²) in [4.78, 5) is 22.1. The lowest BCUT2D eigenvalue weighted by molar-refractivity contribution is -0.125. The lowest BCUT2D eigenvalue weighted by Crippen LogP contribution is -2.30. The summed E-state index contributed by atoms with van der Waals surface area (Å²) in [5, 5.41) is 0. The van der Waals surface area contributed by atoms with Gasteiger partial charge in [0.1, 0.15) is 5.78 Å². The maximum Gasteiger partial charge on any atom is 0.265 e. The van der Waals surface area contributed by atoms with Crippen LogP contribution in [-0.4, -0.2) is 36.8 Å². The van der Waals surface area contributed by atoms with Crippen molar-refractivity contribution < 1.29 is 22.6 Å². The predicted octanol–water partition coefficient (Wildman–Crippen LogP) is -0.527. The van der Waals surface area contributed by atoms with E-state index in [0.717, 1.165) is 0 Å². The van der Waals surface area contributed by atoms with Crippen molar-refractivity contribution in [3.63, 3.8) is 0 Å². The molecule has 0 bridgehead atoms. The standard InChI is InChI=1S/C7H13NO5S2/c1-5(9)2-6(4-15(11,12)13)7(10)3-8-14/h6,8,14H,2-4H2,1H3,(H,11,12,13). The maximum atomic E-state index is 11.3. The number of rotatable bonds is 7. The molecular formula is C7H13NO5S2. The monoisotopic (exact) mass is 255 g/mol. The van der Waals surface area contributed by atoms with Crippen LogP contribution in [0.4, 0.5) is 0 Å². The molecule has 0 aromatic carbocycles. The summed E-state index contributed by atoms with van der Waals surface area (Å²) in [6.45, 7) is 1.09. The molecule has 6 nitrogen and oxygen atoms in total. The third kappa shape index (κ3) is 7.48. The highest BCUT2D eigenvalue weighted by molar-refractivity contribution is 7.85. The Balaban J connectivity index is 4.58. The first kappa shape index (κ1) is 14.6. The number of carbonyl (C=O) groups excluding carboxylic acids is 2. The van der Waals surface area contributed by atoms with Gasteiger partial charge in [0.2, 0.25) is 0 Å². The molecule has 88 valence electrons. The summed E-state index contributed by atoms with van der Waals surface area (Å²) in [7, 11) is -4.26. The van der Waals surface area contributed by atoms with Crippen LogP contribution in [0.3, 0.4) is 0 Å². The van der Waals surface area contributed by atoms with E-state index in [-0.39, 0.29) is 18.7 Å². The molecule has 0 fully saturated rings. The molecule has 0 aromatic heterocycles. The van der Waals surface area contributed by atoms with E-state index in [4.69, 9.17) is 4.55 Å². The largest absolute Gasteiger partial charge is 0.300 e. The number of hydrogen-bond acceptors (Lipinski definition) is 6. The minimum Gasteiger partial charge on any atom is -0.300 e. The average Bonchev–Trinajstić information content (AvgIpc) is 1.99. The van der Waals surface area contributed by atoms with Crippen LogP contribution in [-0.2, 0) is 19.7 Å². The van der Waals surface area contributed by atoms with Crippen LogP contribution in [0.1, 0.15) is 13.3 Å². The molecule has 1 atom stereocenters. The number of carbonyl (C=O) groups is 2. The minimum absolute atomic E-state index is 0.156. The molecule has 0 spiro atoms. The lowest BCUT2D eigenvalue weighted by atomic mass is 10.0. The van der Waals surface area contributed by atoms with Crippen molar-refractivity contribution in [2.45, 2.75) is 13.3 Å². The van der Waals surface area contributed by atoms with Crippen molar-refractivity contribution in [2.24, 2.45) is 5.92 Å². The molecule has 0 amide bonds. The fourth-order valence-corrected chi connectivity index (χ4v) is 2.06. The Morgan fingerprint density at radius 3 is 2.33 bits per heavy atom. The van der Waals surface area contributed by atoms with Gasteiger partial charge in [0.15, 0.2) is 5.78 Å². The quantitative estimate of drug-likeness (QED) is 0.418. The van der Waals surface area contributed by atoms with E-state index in [2.05, 4.69) is 17.5 Å². The zero-order valence-corrected chi connectivity index (χ0v) is 9.85. The Bertz CT molecular complexity index is 337. The lowest BCUT2D eigenvalue weighted by Gasteiger charge is -2.11. The maximum absolute atomic E-state index is 11.3. The SMILES string of the molecule is CC(=O)CC(CS(=O)(=O)O)C(=O)CNS. The summed E-state index contributed by atoms with van der Waals surface area (Å²) in [5.41, 5.74) is 0. The van der Waals surface area contributed by atoms with Crippen molar-refractivity contribution >= 4 is 34.5 Å². The van der Waals surface area contributed by atoms with Crippen LogP contribution in [0.2, 0.25) is 0 Å². The third-order valence-electron chi connectivity index (χ3n) is 1.65. The Hall–Kier alpha value is -0.440. The van der Waals surface area contributed by atoms with E-state index in [1.54, 1.807) is 0 Å². The number of Topliss-reactive ketones (excluding diaryl/α,β-unsaturated/α-hetero) is 2. The summed E-state index contributed by atoms with van der Waals surface area (Å²) in [5.74, 6) is -2.54. The second kappa shape index (κ2) is 6.21. The van der Waals surface area contributed by atoms with Gasteiger partial charge in [-0.25, -0.2) is 0 Å². The molecule has 8 heteroatoms. The first-order chi connectivity index (χ1) is 6.76. The highest BCUT2D eigenvalue weighted by Crippen LogP contribution is 2.08. The molecule has 0 saturated carbocycles. The van der Waals surface area contributed by atoms with E-state index < -0.39 is 27.6 Å². The number of hydrogen-bond donors (Lipinski definition) is 3. The molecule has 0 aliphatic rings. The van der Waals surface area contributed by atoms with Gasteiger partial charge in [-0.3, -0.25) is 14.1 Å². The Labute approximate surface area is 93.7 Å². The van der Waals surface area contributed by atoms with Gasteiger partial charge in [-0.2, -0.15) is 8.42 Å². The molecule has 1 unspecified atom stereocenters. The van der Waals surface area contributed by atoms with E-state index in [0.29, 0.717) is 0 Å². The number of thiol groups is 1. The van der Waals surface area contributed by atoms with Crippen molar-refractivity contribution in [2.75, 3.05) is 12.3 Å². The fraction of sp³-hybridized carbons (Fsp3) is 0.714. The topological polar surface area (TPSA) is 101 Å². The first-order valence-corrected chi connectivity index (χ1v) is 6.16. The molecule has 0 rings (SSSR count). The molecule has 0 aliphatic carbocycles. The minimum atomic E-state index is -4.26. The first-order valence-electron chi connectivity index (χ1n) is 4.10. The predicted molar refractivity (Wildman–Crippen MR) is 57.2 cm³/mol. The number of nitrogens with one attached hydrogen (secondary N) is 1. The van der Waals surface area contributed by atoms with Crippen molar-refractivity contribution in [1.29, 1.82) is 0 Å². The van der Waals surface area contributed by atoms with Gasteiger partial charge in [-0.05, 0) is 6.92 Å². The van der Waals surface area contributed by atoms with Crippen LogP contribution >= 0.6 is 12.8 Å². The Morgan fingerprint density at radius 2 is 2.00 bits per heavy atom. The molecule has 0 aromatic rings. The van der Waals surface area contributed by atoms with Gasteiger partial charge in [0, 0.05) is 12.3 Å². The van der Waals surface area contributed by atoms with E-state index >= 15 is 0 Å². The number of ketones is 2. The van der Waals surface area contributed by atoms with Crippen LogP contribution in [0.15, 0.2) is 0 Å². The molecule has 0 heterocycles. The molecule has 0 saturated heterocycles. The highest BCUT2D eigenvalue weighted by atomic mass is 32.2. The molecule has 15 heavy (non-hydrogen) atoms. The van der Waals surface area contributed by atoms with Crippen LogP contribution < -0.4 is 4.72 Å². The zero-order valence-electron chi connectivity index (χ0n) is 8.13. The van der Waals surface area contributed by atoms with Crippen molar-refractivity contribution in [1.82, 2.24) is 4.72 Å². The van der Waals surface area contributed by atoms with Crippen LogP contribution in [0.5, 0.6) is 0 Å². The van der Waals surface area contributed by atoms with E-state index in [1.807, 2.05) is 0 Å². The summed E-state index contributed by atoms with van der Waals surface area (Å²) in [6, 6.07) is 0. The second-order valence-electron chi connectivity index (χ2n) is 3.15. The zero-order chi connectivity index (χ0) is 12.1. The molecule has 0 aliphatic heterocycles. The average molecular weight is 255 g/mol. The smallest absolute Gasteiger partial charge is 0.265 e. The highest BCUT2D eigenvalue weighted by Gasteiger charge is 2.24. The Kier molecular flexibility index (Phi) is 6.03. The van der Waals surface area contributed by atoms with Crippen molar-refractivity contribution in [3.05, 3.63) is 0 Å². The third-order valence-corrected chi connectivity index (χ3v) is 2.64. The normalized spacial score (nSPS) is 13.5. The summed E-state index contributed by atoms with van der Waals surface area (Å²) >= 11 is 3.59. The van der Waals surface area contributed by atoms with Crippen LogP contribution in [0, 0.1) is 5.92 Å². The van der Waals surface area contributed by atoms with Gasteiger partial charge in [-0.1, -0.05) is 12.8 Å². The molecule has 2 N–H and O–H groups in total. The van der Waals surface area contributed by atoms with E-state index in [1.165, 1.54) is 6.92 Å². The van der Waals surface area contributed by atoms with Gasteiger partial charge in [0.25, 0.3) is 10.1 Å². The summed E-state index contributed by atoms with van der Waals surface area (Å²) in [6.07, 6.45) is -0.200. The Morgan fingerprint density at radius 1 is 1.47 bits per heavy atom. The van der Waals surface area contributed by atoms with Crippen LogP contribution in [0.25, 0.3) is 0 Å². The molecular weight excluding hydrogens is 242 g/mol. The van der Waals surface area contributed by atoms with Crippen molar-refractivity contribution in [3.8, 4) is 0 Å². The van der Waals surface area contributed by atoms with Gasteiger partial charge in [0.05, 0.1) is 12.3 Å².